The summed E-state index contributed by atoms with van der Waals surface area (Å²) in [4.78, 5) is 7.36. The Morgan fingerprint density at radius 1 is 0.960 bits per heavy atom. The van der Waals surface area contributed by atoms with Gasteiger partial charge in [0.2, 0.25) is 0 Å². The van der Waals surface area contributed by atoms with Gasteiger partial charge in [0.25, 0.3) is 0 Å². The highest BCUT2D eigenvalue weighted by Gasteiger charge is 2.25. The number of rotatable bonds is 3. The molecule has 0 saturated carbocycles. The van der Waals surface area contributed by atoms with Crippen LogP contribution in [0, 0.1) is 6.92 Å². The molecule has 128 valence electrons. The van der Waals surface area contributed by atoms with Crippen molar-refractivity contribution in [3.8, 4) is 0 Å². The molecular formula is C22H25N3. The molecule has 2 heterocycles. The summed E-state index contributed by atoms with van der Waals surface area (Å²) in [5.41, 5.74) is 3.78. The Hall–Kier alpha value is -2.23. The predicted octanol–water partition coefficient (Wildman–Crippen LogP) is 3.93. The number of nitrogens with one attached hydrogen (secondary N) is 1. The number of hydrogen-bond donors (Lipinski definition) is 1. The Morgan fingerprint density at radius 3 is 2.72 bits per heavy atom. The molecule has 4 rings (SSSR count). The van der Waals surface area contributed by atoms with Crippen LogP contribution in [0.2, 0.25) is 0 Å². The fourth-order valence-electron chi connectivity index (χ4n) is 3.83. The number of benzene rings is 2. The van der Waals surface area contributed by atoms with Gasteiger partial charge in [0, 0.05) is 25.8 Å². The van der Waals surface area contributed by atoms with Crippen LogP contribution >= 0.6 is 0 Å². The van der Waals surface area contributed by atoms with Gasteiger partial charge in [-0.3, -0.25) is 9.88 Å². The van der Waals surface area contributed by atoms with Gasteiger partial charge in [-0.1, -0.05) is 42.5 Å². The fourth-order valence-corrected chi connectivity index (χ4v) is 3.83. The molecule has 3 heteroatoms. The quantitative estimate of drug-likeness (QED) is 0.788. The number of pyridine rings is 1. The maximum Gasteiger partial charge on any atom is 0.0779 e. The van der Waals surface area contributed by atoms with Crippen LogP contribution in [0.3, 0.4) is 0 Å². The number of aryl methyl sites for hydroxylation is 1. The van der Waals surface area contributed by atoms with Crippen LogP contribution in [0.15, 0.2) is 60.8 Å². The van der Waals surface area contributed by atoms with Gasteiger partial charge in [-0.25, -0.2) is 0 Å². The lowest BCUT2D eigenvalue weighted by Gasteiger charge is -2.31. The normalized spacial score (nSPS) is 17.3. The minimum absolute atomic E-state index is 0.214. The molecule has 1 fully saturated rings. The summed E-state index contributed by atoms with van der Waals surface area (Å²) in [5.74, 6) is 0. The third-order valence-corrected chi connectivity index (χ3v) is 5.14. The van der Waals surface area contributed by atoms with Crippen LogP contribution in [-0.2, 0) is 0 Å². The van der Waals surface area contributed by atoms with E-state index in [1.807, 2.05) is 12.3 Å². The Labute approximate surface area is 149 Å². The summed E-state index contributed by atoms with van der Waals surface area (Å²) in [7, 11) is 0. The van der Waals surface area contributed by atoms with Gasteiger partial charge < -0.3 is 5.32 Å². The molecule has 1 saturated heterocycles. The van der Waals surface area contributed by atoms with Crippen molar-refractivity contribution in [2.75, 3.05) is 26.2 Å². The average Bonchev–Trinajstić information content (AvgIpc) is 2.93. The lowest BCUT2D eigenvalue weighted by atomic mass is 9.95. The molecule has 1 atom stereocenters. The zero-order valence-corrected chi connectivity index (χ0v) is 14.8. The number of aromatic nitrogens is 1. The lowest BCUT2D eigenvalue weighted by molar-refractivity contribution is 0.237. The first-order valence-electron chi connectivity index (χ1n) is 9.18. The van der Waals surface area contributed by atoms with Crippen molar-refractivity contribution in [3.63, 3.8) is 0 Å². The highest BCUT2D eigenvalue weighted by Crippen LogP contribution is 2.31. The standard InChI is InChI=1S/C22H25N3/c1-17-6-4-12-24-21(17)22(25-14-5-11-23-13-15-25)20-10-9-18-7-2-3-8-19(18)16-20/h2-4,6-10,12,16,22-23H,5,11,13-15H2,1H3. The Morgan fingerprint density at radius 2 is 1.84 bits per heavy atom. The molecule has 0 amide bonds. The van der Waals surface area contributed by atoms with E-state index in [0.717, 1.165) is 26.2 Å². The van der Waals surface area contributed by atoms with Gasteiger partial charge in [-0.05, 0) is 53.9 Å². The minimum Gasteiger partial charge on any atom is -0.315 e. The molecule has 3 aromatic rings. The van der Waals surface area contributed by atoms with Gasteiger partial charge in [-0.15, -0.1) is 0 Å². The second-order valence-electron chi connectivity index (χ2n) is 6.85. The summed E-state index contributed by atoms with van der Waals surface area (Å²) >= 11 is 0. The Balaban J connectivity index is 1.81. The molecule has 3 nitrogen and oxygen atoms in total. The van der Waals surface area contributed by atoms with E-state index in [-0.39, 0.29) is 6.04 Å². The lowest BCUT2D eigenvalue weighted by Crippen LogP contribution is -2.33. The van der Waals surface area contributed by atoms with Crippen molar-refractivity contribution in [3.05, 3.63) is 77.6 Å². The fraction of sp³-hybridized carbons (Fsp3) is 0.318. The van der Waals surface area contributed by atoms with Gasteiger partial charge >= 0.3 is 0 Å². The first kappa shape index (κ1) is 16.2. The summed E-state index contributed by atoms with van der Waals surface area (Å²) in [5, 5.41) is 6.11. The van der Waals surface area contributed by atoms with Crippen molar-refractivity contribution < 1.29 is 0 Å². The molecule has 2 aromatic carbocycles. The van der Waals surface area contributed by atoms with Gasteiger partial charge in [0.05, 0.1) is 11.7 Å². The van der Waals surface area contributed by atoms with Crippen molar-refractivity contribution in [1.29, 1.82) is 0 Å². The predicted molar refractivity (Wildman–Crippen MR) is 104 cm³/mol. The molecule has 0 radical (unpaired) electrons. The van der Waals surface area contributed by atoms with Gasteiger partial charge in [0.1, 0.15) is 0 Å². The highest BCUT2D eigenvalue weighted by atomic mass is 15.2. The molecule has 1 N–H and O–H groups in total. The largest absolute Gasteiger partial charge is 0.315 e. The monoisotopic (exact) mass is 331 g/mol. The van der Waals surface area contributed by atoms with Gasteiger partial charge in [0.15, 0.2) is 0 Å². The van der Waals surface area contributed by atoms with E-state index >= 15 is 0 Å². The minimum atomic E-state index is 0.214. The Bertz CT molecular complexity index is 851. The summed E-state index contributed by atoms with van der Waals surface area (Å²) in [6.07, 6.45) is 3.10. The highest BCUT2D eigenvalue weighted by molar-refractivity contribution is 5.83. The second-order valence-corrected chi connectivity index (χ2v) is 6.85. The second kappa shape index (κ2) is 7.34. The molecule has 25 heavy (non-hydrogen) atoms. The third kappa shape index (κ3) is 3.44. The summed E-state index contributed by atoms with van der Waals surface area (Å²) < 4.78 is 0. The van der Waals surface area contributed by atoms with Crippen molar-refractivity contribution in [2.24, 2.45) is 0 Å². The first-order chi connectivity index (χ1) is 12.3. The van der Waals surface area contributed by atoms with Crippen LogP contribution in [-0.4, -0.2) is 36.1 Å². The average molecular weight is 331 g/mol. The molecule has 0 aliphatic carbocycles. The first-order valence-corrected chi connectivity index (χ1v) is 9.18. The number of hydrogen-bond acceptors (Lipinski definition) is 3. The molecule has 1 unspecified atom stereocenters. The number of fused-ring (bicyclic) bond motifs is 1. The zero-order valence-electron chi connectivity index (χ0n) is 14.8. The van der Waals surface area contributed by atoms with Crippen molar-refractivity contribution in [1.82, 2.24) is 15.2 Å². The van der Waals surface area contributed by atoms with Crippen LogP contribution in [0.4, 0.5) is 0 Å². The molecular weight excluding hydrogens is 306 g/mol. The SMILES string of the molecule is Cc1cccnc1C(c1ccc2ccccc2c1)N1CCCNCC1. The smallest absolute Gasteiger partial charge is 0.0779 e. The van der Waals surface area contributed by atoms with E-state index in [1.165, 1.54) is 34.0 Å². The molecule has 1 aromatic heterocycles. The van der Waals surface area contributed by atoms with Crippen LogP contribution in [0.25, 0.3) is 10.8 Å². The number of nitrogens with zero attached hydrogens (tertiary/aromatic N) is 2. The van der Waals surface area contributed by atoms with Crippen LogP contribution in [0.5, 0.6) is 0 Å². The van der Waals surface area contributed by atoms with Crippen molar-refractivity contribution >= 4 is 10.8 Å². The molecule has 0 spiro atoms. The molecule has 1 aliphatic rings. The molecule has 0 bridgehead atoms. The summed E-state index contributed by atoms with van der Waals surface area (Å²) in [6.45, 7) is 6.46. The van der Waals surface area contributed by atoms with Crippen LogP contribution in [0.1, 0.15) is 29.3 Å². The maximum atomic E-state index is 4.78. The van der Waals surface area contributed by atoms with E-state index in [0.29, 0.717) is 0 Å². The summed E-state index contributed by atoms with van der Waals surface area (Å²) in [6, 6.07) is 19.9. The van der Waals surface area contributed by atoms with E-state index in [1.54, 1.807) is 0 Å². The zero-order chi connectivity index (χ0) is 17.1. The Kier molecular flexibility index (Phi) is 4.77. The topological polar surface area (TPSA) is 28.2 Å². The van der Waals surface area contributed by atoms with E-state index in [4.69, 9.17) is 4.98 Å². The maximum absolute atomic E-state index is 4.78. The third-order valence-electron chi connectivity index (χ3n) is 5.14. The van der Waals surface area contributed by atoms with Gasteiger partial charge in [-0.2, -0.15) is 0 Å². The van der Waals surface area contributed by atoms with Crippen molar-refractivity contribution in [2.45, 2.75) is 19.4 Å². The van der Waals surface area contributed by atoms with E-state index < -0.39 is 0 Å². The van der Waals surface area contributed by atoms with E-state index in [2.05, 4.69) is 65.7 Å². The van der Waals surface area contributed by atoms with Crippen LogP contribution < -0.4 is 5.32 Å². The van der Waals surface area contributed by atoms with E-state index in [9.17, 15) is 0 Å². The molecule has 1 aliphatic heterocycles.